The van der Waals surface area contributed by atoms with Gasteiger partial charge in [0.15, 0.2) is 0 Å². The summed E-state index contributed by atoms with van der Waals surface area (Å²) in [5.74, 6) is 0. The molecule has 1 aromatic rings. The predicted octanol–water partition coefficient (Wildman–Crippen LogP) is 4.23. The van der Waals surface area contributed by atoms with Gasteiger partial charge in [0, 0.05) is 6.54 Å². The molecule has 0 bridgehead atoms. The third kappa shape index (κ3) is 6.53. The van der Waals surface area contributed by atoms with Gasteiger partial charge < -0.3 is 0 Å². The van der Waals surface area contributed by atoms with E-state index < -0.39 is 0 Å². The zero-order valence-corrected chi connectivity index (χ0v) is 13.3. The number of unbranched alkanes of at least 4 members (excludes halogenated alkanes) is 2. The first-order chi connectivity index (χ1) is 9.81. The van der Waals surface area contributed by atoms with E-state index in [0.717, 1.165) is 13.0 Å². The van der Waals surface area contributed by atoms with Crippen LogP contribution in [0.4, 0.5) is 0 Å². The van der Waals surface area contributed by atoms with Crippen molar-refractivity contribution in [3.05, 3.63) is 42.8 Å². The molecule has 0 aromatic heterocycles. The van der Waals surface area contributed by atoms with Crippen LogP contribution in [0.15, 0.2) is 30.3 Å². The molecule has 0 saturated heterocycles. The minimum absolute atomic E-state index is 0.397. The Morgan fingerprint density at radius 1 is 1.05 bits per heavy atom. The molecule has 1 radical (unpaired) electrons. The van der Waals surface area contributed by atoms with Gasteiger partial charge in [-0.25, -0.2) is 0 Å². The largest absolute Gasteiger partial charge is 0.298 e. The van der Waals surface area contributed by atoms with Crippen LogP contribution in [0.1, 0.15) is 51.5 Å². The zero-order valence-electron chi connectivity index (χ0n) is 13.3. The van der Waals surface area contributed by atoms with E-state index in [1.807, 2.05) is 0 Å². The molecule has 20 heavy (non-hydrogen) atoms. The van der Waals surface area contributed by atoms with Crippen LogP contribution in [0.2, 0.25) is 0 Å². The summed E-state index contributed by atoms with van der Waals surface area (Å²) in [7, 11) is 0. The lowest BCUT2D eigenvalue weighted by molar-refractivity contribution is 0.158. The minimum Gasteiger partial charge on any atom is -0.298 e. The molecule has 2 heteroatoms. The van der Waals surface area contributed by atoms with Crippen molar-refractivity contribution in [3.8, 4) is 0 Å². The van der Waals surface area contributed by atoms with Crippen molar-refractivity contribution < 1.29 is 0 Å². The highest BCUT2D eigenvalue weighted by atomic mass is 15.3. The summed E-state index contributed by atoms with van der Waals surface area (Å²) in [6.07, 6.45) is 6.37. The second-order valence-corrected chi connectivity index (χ2v) is 5.41. The van der Waals surface area contributed by atoms with Crippen LogP contribution in [-0.4, -0.2) is 24.2 Å². The Morgan fingerprint density at radius 3 is 2.15 bits per heavy atom. The van der Waals surface area contributed by atoms with Crippen molar-refractivity contribution in [2.24, 2.45) is 0 Å². The van der Waals surface area contributed by atoms with Crippen LogP contribution in [0.3, 0.4) is 0 Å². The van der Waals surface area contributed by atoms with Gasteiger partial charge in [-0.2, -0.15) is 0 Å². The van der Waals surface area contributed by atoms with Gasteiger partial charge in [0.2, 0.25) is 0 Å². The molecule has 113 valence electrons. The van der Waals surface area contributed by atoms with Crippen molar-refractivity contribution >= 4 is 0 Å². The molecule has 1 atom stereocenters. The molecule has 0 spiro atoms. The van der Waals surface area contributed by atoms with E-state index in [0.29, 0.717) is 6.17 Å². The number of benzene rings is 1. The number of rotatable bonds is 11. The van der Waals surface area contributed by atoms with Crippen molar-refractivity contribution in [1.29, 1.82) is 0 Å². The highest BCUT2D eigenvalue weighted by Crippen LogP contribution is 2.08. The van der Waals surface area contributed by atoms with Gasteiger partial charge in [-0.1, -0.05) is 63.9 Å². The molecule has 0 aliphatic heterocycles. The van der Waals surface area contributed by atoms with Crippen molar-refractivity contribution in [1.82, 2.24) is 10.2 Å². The van der Waals surface area contributed by atoms with Crippen LogP contribution in [0.25, 0.3) is 0 Å². The van der Waals surface area contributed by atoms with Gasteiger partial charge in [0.05, 0.1) is 6.17 Å². The summed E-state index contributed by atoms with van der Waals surface area (Å²) >= 11 is 0. The quantitative estimate of drug-likeness (QED) is 0.608. The van der Waals surface area contributed by atoms with Gasteiger partial charge >= 0.3 is 0 Å². The number of nitrogens with zero attached hydrogens (tertiary/aromatic N) is 1. The first kappa shape index (κ1) is 17.2. The second kappa shape index (κ2) is 10.9. The number of hydrogen-bond donors (Lipinski definition) is 1. The van der Waals surface area contributed by atoms with Crippen LogP contribution >= 0.6 is 0 Å². The highest BCUT2D eigenvalue weighted by molar-refractivity contribution is 5.14. The Bertz CT molecular complexity index is 315. The van der Waals surface area contributed by atoms with Crippen LogP contribution in [0.5, 0.6) is 0 Å². The predicted molar refractivity (Wildman–Crippen MR) is 88.4 cm³/mol. The summed E-state index contributed by atoms with van der Waals surface area (Å²) in [6, 6.07) is 10.6. The molecule has 0 amide bonds. The molecule has 1 unspecified atom stereocenters. The fraction of sp³-hybridized carbons (Fsp3) is 0.611. The molecular weight excluding hydrogens is 244 g/mol. The SMILES string of the molecule is [CH2]CC(NCc1ccccc1)N(CCCC)CCCC. The average Bonchev–Trinajstić information content (AvgIpc) is 2.50. The maximum Gasteiger partial charge on any atom is 0.0599 e. The molecule has 2 nitrogen and oxygen atoms in total. The van der Waals surface area contributed by atoms with Crippen molar-refractivity contribution in [3.63, 3.8) is 0 Å². The van der Waals surface area contributed by atoms with E-state index in [9.17, 15) is 0 Å². The lowest BCUT2D eigenvalue weighted by Crippen LogP contribution is -2.46. The van der Waals surface area contributed by atoms with Crippen LogP contribution in [-0.2, 0) is 6.54 Å². The zero-order chi connectivity index (χ0) is 14.6. The van der Waals surface area contributed by atoms with E-state index in [2.05, 4.69) is 61.3 Å². The monoisotopic (exact) mass is 275 g/mol. The van der Waals surface area contributed by atoms with Crippen LogP contribution in [0, 0.1) is 6.92 Å². The Kier molecular flexibility index (Phi) is 9.35. The third-order valence-corrected chi connectivity index (χ3v) is 3.70. The fourth-order valence-electron chi connectivity index (χ4n) is 2.39. The normalized spacial score (nSPS) is 12.8. The van der Waals surface area contributed by atoms with Gasteiger partial charge in [0.1, 0.15) is 0 Å². The summed E-state index contributed by atoms with van der Waals surface area (Å²) in [5, 5.41) is 3.67. The summed E-state index contributed by atoms with van der Waals surface area (Å²) in [5.41, 5.74) is 1.34. The molecule has 0 aliphatic carbocycles. The first-order valence-corrected chi connectivity index (χ1v) is 8.12. The maximum atomic E-state index is 4.13. The molecule has 1 aromatic carbocycles. The Morgan fingerprint density at radius 2 is 1.65 bits per heavy atom. The molecule has 0 saturated carbocycles. The van der Waals surface area contributed by atoms with Crippen molar-refractivity contribution in [2.45, 2.75) is 58.7 Å². The molecule has 0 aliphatic rings. The van der Waals surface area contributed by atoms with E-state index in [-0.39, 0.29) is 0 Å². The summed E-state index contributed by atoms with van der Waals surface area (Å²) < 4.78 is 0. The van der Waals surface area contributed by atoms with E-state index >= 15 is 0 Å². The standard InChI is InChI=1S/C18H31N2/c1-4-7-14-20(15-8-5-2)18(6-3)19-16-17-12-10-9-11-13-17/h9-13,18-19H,3-8,14-16H2,1-2H3. The highest BCUT2D eigenvalue weighted by Gasteiger charge is 2.15. The molecule has 0 heterocycles. The summed E-state index contributed by atoms with van der Waals surface area (Å²) in [4.78, 5) is 2.57. The molecule has 1 rings (SSSR count). The lowest BCUT2D eigenvalue weighted by Gasteiger charge is -2.32. The molecule has 1 N–H and O–H groups in total. The smallest absolute Gasteiger partial charge is 0.0599 e. The van der Waals surface area contributed by atoms with E-state index in [1.54, 1.807) is 0 Å². The number of nitrogens with one attached hydrogen (secondary N) is 1. The third-order valence-electron chi connectivity index (χ3n) is 3.70. The summed E-state index contributed by atoms with van der Waals surface area (Å²) in [6.45, 7) is 11.9. The Balaban J connectivity index is 2.50. The minimum atomic E-state index is 0.397. The van der Waals surface area contributed by atoms with Gasteiger partial charge in [-0.15, -0.1) is 0 Å². The Labute approximate surface area is 125 Å². The van der Waals surface area contributed by atoms with Crippen LogP contribution < -0.4 is 5.32 Å². The lowest BCUT2D eigenvalue weighted by atomic mass is 10.2. The van der Waals surface area contributed by atoms with E-state index in [1.165, 1.54) is 44.3 Å². The Hall–Kier alpha value is -0.860. The van der Waals surface area contributed by atoms with Gasteiger partial charge in [0.25, 0.3) is 0 Å². The fourth-order valence-corrected chi connectivity index (χ4v) is 2.39. The first-order valence-electron chi connectivity index (χ1n) is 8.12. The number of hydrogen-bond acceptors (Lipinski definition) is 2. The van der Waals surface area contributed by atoms with Gasteiger partial charge in [-0.3, -0.25) is 10.2 Å². The maximum absolute atomic E-state index is 4.13. The average molecular weight is 275 g/mol. The van der Waals surface area contributed by atoms with Crippen molar-refractivity contribution in [2.75, 3.05) is 13.1 Å². The topological polar surface area (TPSA) is 15.3 Å². The van der Waals surface area contributed by atoms with Gasteiger partial charge in [-0.05, 0) is 37.9 Å². The second-order valence-electron chi connectivity index (χ2n) is 5.41. The molecular formula is C18H31N2. The van der Waals surface area contributed by atoms with E-state index in [4.69, 9.17) is 0 Å². The molecule has 0 fully saturated rings.